The number of alkyl halides is 3. The summed E-state index contributed by atoms with van der Waals surface area (Å²) in [6.45, 7) is 0. The van der Waals surface area contributed by atoms with Crippen LogP contribution in [0.15, 0.2) is 18.2 Å². The average Bonchev–Trinajstić information content (AvgIpc) is 2.19. The summed E-state index contributed by atoms with van der Waals surface area (Å²) in [5.41, 5.74) is -1.53. The molecule has 1 aromatic carbocycles. The van der Waals surface area contributed by atoms with E-state index >= 15 is 0 Å². The highest BCUT2D eigenvalue weighted by molar-refractivity contribution is 7.81. The Kier molecular flexibility index (Phi) is 3.79. The van der Waals surface area contributed by atoms with Crippen LogP contribution >= 0.6 is 12.6 Å². The maximum atomic E-state index is 13.0. The number of thiol groups is 1. The summed E-state index contributed by atoms with van der Waals surface area (Å²) in [4.78, 5) is 10.9. The first-order chi connectivity index (χ1) is 7.34. The lowest BCUT2D eigenvalue weighted by atomic mass is 10.2. The van der Waals surface area contributed by atoms with Crippen molar-refractivity contribution in [3.05, 3.63) is 29.6 Å². The molecular weight excluding hydrogens is 246 g/mol. The van der Waals surface area contributed by atoms with E-state index in [1.807, 2.05) is 5.32 Å². The molecule has 1 rings (SSSR count). The number of rotatable bonds is 2. The third-order valence-corrected chi connectivity index (χ3v) is 2.00. The predicted octanol–water partition coefficient (Wildman–Crippen LogP) is 2.71. The van der Waals surface area contributed by atoms with Crippen molar-refractivity contribution in [3.63, 3.8) is 0 Å². The van der Waals surface area contributed by atoms with Crippen LogP contribution in [0.1, 0.15) is 5.56 Å². The molecule has 0 unspecified atom stereocenters. The minimum Gasteiger partial charge on any atom is -0.323 e. The van der Waals surface area contributed by atoms with E-state index in [0.29, 0.717) is 18.2 Å². The number of halogens is 4. The maximum Gasteiger partial charge on any atom is 0.416 e. The molecule has 0 saturated carbocycles. The van der Waals surface area contributed by atoms with Gasteiger partial charge in [0.1, 0.15) is 5.82 Å². The SMILES string of the molecule is O=C(CS)Nc1cc(C(F)(F)F)ccc1F. The maximum absolute atomic E-state index is 13.0. The highest BCUT2D eigenvalue weighted by Crippen LogP contribution is 2.31. The van der Waals surface area contributed by atoms with Crippen LogP contribution in [-0.2, 0) is 11.0 Å². The second-order valence-corrected chi connectivity index (χ2v) is 3.21. The molecule has 7 heteroatoms. The van der Waals surface area contributed by atoms with Crippen LogP contribution in [-0.4, -0.2) is 11.7 Å². The summed E-state index contributed by atoms with van der Waals surface area (Å²) < 4.78 is 49.9. The van der Waals surface area contributed by atoms with Crippen LogP contribution in [0, 0.1) is 5.82 Å². The van der Waals surface area contributed by atoms with Gasteiger partial charge in [-0.05, 0) is 18.2 Å². The fourth-order valence-corrected chi connectivity index (χ4v) is 1.07. The quantitative estimate of drug-likeness (QED) is 0.616. The van der Waals surface area contributed by atoms with Crippen molar-refractivity contribution < 1.29 is 22.4 Å². The van der Waals surface area contributed by atoms with E-state index in [1.165, 1.54) is 0 Å². The van der Waals surface area contributed by atoms with Crippen molar-refractivity contribution in [1.82, 2.24) is 0 Å². The number of hydrogen-bond acceptors (Lipinski definition) is 2. The third-order valence-electron chi connectivity index (χ3n) is 1.71. The molecule has 0 heterocycles. The van der Waals surface area contributed by atoms with Gasteiger partial charge in [-0.1, -0.05) is 0 Å². The average molecular weight is 253 g/mol. The largest absolute Gasteiger partial charge is 0.416 e. The van der Waals surface area contributed by atoms with Crippen molar-refractivity contribution in [3.8, 4) is 0 Å². The monoisotopic (exact) mass is 253 g/mol. The topological polar surface area (TPSA) is 29.1 Å². The lowest BCUT2D eigenvalue weighted by Gasteiger charge is -2.10. The van der Waals surface area contributed by atoms with E-state index in [2.05, 4.69) is 12.6 Å². The highest BCUT2D eigenvalue weighted by atomic mass is 32.1. The van der Waals surface area contributed by atoms with Crippen molar-refractivity contribution >= 4 is 24.2 Å². The van der Waals surface area contributed by atoms with Gasteiger partial charge in [0.15, 0.2) is 0 Å². The number of hydrogen-bond donors (Lipinski definition) is 2. The minimum atomic E-state index is -4.58. The number of carbonyl (C=O) groups is 1. The van der Waals surface area contributed by atoms with Gasteiger partial charge in [0.05, 0.1) is 17.0 Å². The summed E-state index contributed by atoms with van der Waals surface area (Å²) in [7, 11) is 0. The molecule has 0 aliphatic heterocycles. The van der Waals surface area contributed by atoms with Crippen LogP contribution in [0.3, 0.4) is 0 Å². The highest BCUT2D eigenvalue weighted by Gasteiger charge is 2.31. The van der Waals surface area contributed by atoms with Gasteiger partial charge in [-0.15, -0.1) is 0 Å². The minimum absolute atomic E-state index is 0.240. The Morgan fingerprint density at radius 3 is 2.50 bits per heavy atom. The van der Waals surface area contributed by atoms with Crippen molar-refractivity contribution in [2.75, 3.05) is 11.1 Å². The zero-order valence-electron chi connectivity index (χ0n) is 7.81. The molecule has 88 valence electrons. The fourth-order valence-electron chi connectivity index (χ4n) is 0.987. The molecule has 0 fully saturated rings. The fraction of sp³-hybridized carbons (Fsp3) is 0.222. The summed E-state index contributed by atoms with van der Waals surface area (Å²) >= 11 is 3.61. The molecule has 0 aliphatic carbocycles. The van der Waals surface area contributed by atoms with E-state index in [4.69, 9.17) is 0 Å². The molecule has 0 aliphatic rings. The van der Waals surface area contributed by atoms with Crippen molar-refractivity contribution in [1.29, 1.82) is 0 Å². The molecule has 0 saturated heterocycles. The molecular formula is C9H7F4NOS. The Hall–Kier alpha value is -1.24. The van der Waals surface area contributed by atoms with Gasteiger partial charge in [-0.2, -0.15) is 25.8 Å². The number of nitrogens with one attached hydrogen (secondary N) is 1. The van der Waals surface area contributed by atoms with Gasteiger partial charge in [0.25, 0.3) is 0 Å². The molecule has 1 aromatic rings. The molecule has 1 N–H and O–H groups in total. The second-order valence-electron chi connectivity index (χ2n) is 2.90. The molecule has 16 heavy (non-hydrogen) atoms. The standard InChI is InChI=1S/C9H7F4NOS/c10-6-2-1-5(9(11,12)13)3-7(6)14-8(15)4-16/h1-3,16H,4H2,(H,14,15). The Morgan fingerprint density at radius 1 is 1.38 bits per heavy atom. The lowest BCUT2D eigenvalue weighted by molar-refractivity contribution is -0.137. The van der Waals surface area contributed by atoms with Gasteiger partial charge in [-0.25, -0.2) is 4.39 Å². The first kappa shape index (κ1) is 12.8. The third kappa shape index (κ3) is 3.13. The smallest absolute Gasteiger partial charge is 0.323 e. The van der Waals surface area contributed by atoms with Crippen LogP contribution in [0.4, 0.5) is 23.2 Å². The molecule has 0 bridgehead atoms. The zero-order valence-corrected chi connectivity index (χ0v) is 8.70. The molecule has 0 radical (unpaired) electrons. The van der Waals surface area contributed by atoms with Crippen molar-refractivity contribution in [2.45, 2.75) is 6.18 Å². The molecule has 0 aromatic heterocycles. The van der Waals surface area contributed by atoms with Gasteiger partial charge < -0.3 is 5.32 Å². The molecule has 2 nitrogen and oxygen atoms in total. The molecule has 1 amide bonds. The first-order valence-electron chi connectivity index (χ1n) is 4.12. The molecule has 0 spiro atoms. The Balaban J connectivity index is 3.04. The number of benzene rings is 1. The van der Waals surface area contributed by atoms with Crippen LogP contribution in [0.2, 0.25) is 0 Å². The summed E-state index contributed by atoms with van der Waals surface area (Å²) in [5.74, 6) is -1.85. The Labute approximate surface area is 94.1 Å². The van der Waals surface area contributed by atoms with Gasteiger partial charge in [0.2, 0.25) is 5.91 Å². The first-order valence-corrected chi connectivity index (χ1v) is 4.75. The van der Waals surface area contributed by atoms with Crippen LogP contribution < -0.4 is 5.32 Å². The van der Waals surface area contributed by atoms with Gasteiger partial charge in [-0.3, -0.25) is 4.79 Å². The van der Waals surface area contributed by atoms with E-state index in [-0.39, 0.29) is 5.75 Å². The Morgan fingerprint density at radius 2 is 2.00 bits per heavy atom. The number of carbonyl (C=O) groups excluding carboxylic acids is 1. The number of anilines is 1. The normalized spacial score (nSPS) is 11.3. The molecule has 0 atom stereocenters. The number of amides is 1. The summed E-state index contributed by atoms with van der Waals surface area (Å²) in [6, 6.07) is 1.79. The predicted molar refractivity (Wildman–Crippen MR) is 53.9 cm³/mol. The van der Waals surface area contributed by atoms with Crippen LogP contribution in [0.5, 0.6) is 0 Å². The van der Waals surface area contributed by atoms with E-state index in [9.17, 15) is 22.4 Å². The second kappa shape index (κ2) is 4.73. The van der Waals surface area contributed by atoms with E-state index < -0.39 is 29.2 Å². The summed E-state index contributed by atoms with van der Waals surface area (Å²) in [6.07, 6.45) is -4.58. The van der Waals surface area contributed by atoms with Crippen LogP contribution in [0.25, 0.3) is 0 Å². The van der Waals surface area contributed by atoms with E-state index in [0.717, 1.165) is 0 Å². The van der Waals surface area contributed by atoms with Gasteiger partial charge >= 0.3 is 6.18 Å². The summed E-state index contributed by atoms with van der Waals surface area (Å²) in [5, 5.41) is 1.98. The Bertz CT molecular complexity index is 405. The van der Waals surface area contributed by atoms with E-state index in [1.54, 1.807) is 0 Å². The lowest BCUT2D eigenvalue weighted by Crippen LogP contribution is -2.15. The van der Waals surface area contributed by atoms with Crippen molar-refractivity contribution in [2.24, 2.45) is 0 Å². The van der Waals surface area contributed by atoms with Gasteiger partial charge in [0, 0.05) is 0 Å². The zero-order chi connectivity index (χ0) is 12.3.